The van der Waals surface area contributed by atoms with E-state index in [1.807, 2.05) is 45.0 Å². The normalized spacial score (nSPS) is 16.5. The van der Waals surface area contributed by atoms with Gasteiger partial charge in [0, 0.05) is 37.5 Å². The molecule has 2 aromatic carbocycles. The smallest absolute Gasteiger partial charge is 0.261 e. The standard InChI is InChI=1S/C26H28N2O4/c1-16-4-6-20(18(3)14-16)24(30)19-8-11-27(12-9-19)23(29)10-13-28-25(31)21-7-5-17(2)15-22(21)26(28)32/h4-7,14-15,19H,8-13H2,1-3H3. The van der Waals surface area contributed by atoms with Crippen molar-refractivity contribution in [2.75, 3.05) is 19.6 Å². The van der Waals surface area contributed by atoms with Gasteiger partial charge >= 0.3 is 0 Å². The number of amides is 3. The molecule has 0 bridgehead atoms. The minimum absolute atomic E-state index is 0.0750. The van der Waals surface area contributed by atoms with Gasteiger partial charge in [0.2, 0.25) is 5.91 Å². The fourth-order valence-electron chi connectivity index (χ4n) is 4.67. The van der Waals surface area contributed by atoms with Crippen molar-refractivity contribution in [3.8, 4) is 0 Å². The first-order chi connectivity index (χ1) is 15.3. The largest absolute Gasteiger partial charge is 0.343 e. The average Bonchev–Trinajstić information content (AvgIpc) is 3.01. The van der Waals surface area contributed by atoms with Gasteiger partial charge in [-0.05, 0) is 51.3 Å². The third-order valence-electron chi connectivity index (χ3n) is 6.54. The summed E-state index contributed by atoms with van der Waals surface area (Å²) in [6.07, 6.45) is 1.36. The summed E-state index contributed by atoms with van der Waals surface area (Å²) in [5, 5.41) is 0. The fourth-order valence-corrected chi connectivity index (χ4v) is 4.67. The average molecular weight is 433 g/mol. The molecule has 6 nitrogen and oxygen atoms in total. The summed E-state index contributed by atoms with van der Waals surface area (Å²) in [5.41, 5.74) is 4.62. The SMILES string of the molecule is Cc1ccc(C(=O)C2CCN(C(=O)CCN3C(=O)c4ccc(C)cc4C3=O)CC2)c(C)c1. The number of fused-ring (bicyclic) bond motifs is 1. The Hall–Kier alpha value is -3.28. The lowest BCUT2D eigenvalue weighted by Crippen LogP contribution is -2.42. The van der Waals surface area contributed by atoms with Crippen LogP contribution in [0.25, 0.3) is 0 Å². The molecule has 0 aliphatic carbocycles. The minimum Gasteiger partial charge on any atom is -0.343 e. The summed E-state index contributed by atoms with van der Waals surface area (Å²) in [5.74, 6) is -0.694. The highest BCUT2D eigenvalue weighted by atomic mass is 16.2. The Morgan fingerprint density at radius 1 is 0.875 bits per heavy atom. The molecule has 0 spiro atoms. The second-order valence-electron chi connectivity index (χ2n) is 8.90. The molecule has 0 N–H and O–H groups in total. The van der Waals surface area contributed by atoms with E-state index >= 15 is 0 Å². The number of ketones is 1. The summed E-state index contributed by atoms with van der Waals surface area (Å²) in [7, 11) is 0. The number of hydrogen-bond acceptors (Lipinski definition) is 4. The highest BCUT2D eigenvalue weighted by molar-refractivity contribution is 6.21. The van der Waals surface area contributed by atoms with E-state index in [1.165, 1.54) is 4.90 Å². The second kappa shape index (κ2) is 8.69. The number of aryl methyl sites for hydroxylation is 3. The van der Waals surface area contributed by atoms with E-state index in [9.17, 15) is 19.2 Å². The summed E-state index contributed by atoms with van der Waals surface area (Å²) >= 11 is 0. The molecule has 2 aliphatic rings. The molecule has 0 unspecified atom stereocenters. The zero-order valence-electron chi connectivity index (χ0n) is 18.8. The molecule has 166 valence electrons. The van der Waals surface area contributed by atoms with Crippen molar-refractivity contribution in [3.63, 3.8) is 0 Å². The third kappa shape index (κ3) is 4.09. The second-order valence-corrected chi connectivity index (χ2v) is 8.90. The van der Waals surface area contributed by atoms with Crippen molar-refractivity contribution in [2.45, 2.75) is 40.0 Å². The van der Waals surface area contributed by atoms with Crippen molar-refractivity contribution in [2.24, 2.45) is 5.92 Å². The number of hydrogen-bond donors (Lipinski definition) is 0. The molecular formula is C26H28N2O4. The highest BCUT2D eigenvalue weighted by Gasteiger charge is 2.36. The van der Waals surface area contributed by atoms with E-state index in [-0.39, 0.29) is 42.4 Å². The van der Waals surface area contributed by atoms with Crippen LogP contribution >= 0.6 is 0 Å². The van der Waals surface area contributed by atoms with Gasteiger partial charge in [-0.2, -0.15) is 0 Å². The predicted octanol–water partition coefficient (Wildman–Crippen LogP) is 3.72. The quantitative estimate of drug-likeness (QED) is 0.533. The molecular weight excluding hydrogens is 404 g/mol. The van der Waals surface area contributed by atoms with Gasteiger partial charge in [-0.1, -0.05) is 35.4 Å². The molecule has 3 amide bonds. The monoisotopic (exact) mass is 432 g/mol. The molecule has 1 saturated heterocycles. The zero-order chi connectivity index (χ0) is 23.0. The molecule has 0 saturated carbocycles. The Morgan fingerprint density at radius 2 is 1.50 bits per heavy atom. The van der Waals surface area contributed by atoms with Gasteiger partial charge < -0.3 is 4.90 Å². The Labute approximate surface area is 188 Å². The number of carbonyl (C=O) groups excluding carboxylic acids is 4. The molecule has 6 heteroatoms. The molecule has 0 radical (unpaired) electrons. The van der Waals surface area contributed by atoms with Crippen LogP contribution in [0.1, 0.15) is 67.0 Å². The van der Waals surface area contributed by atoms with Crippen LogP contribution in [0.3, 0.4) is 0 Å². The van der Waals surface area contributed by atoms with E-state index in [1.54, 1.807) is 17.0 Å². The summed E-state index contributed by atoms with van der Waals surface area (Å²) in [6.45, 7) is 6.95. The van der Waals surface area contributed by atoms with Crippen molar-refractivity contribution < 1.29 is 19.2 Å². The van der Waals surface area contributed by atoms with Crippen molar-refractivity contribution in [3.05, 3.63) is 69.8 Å². The van der Waals surface area contributed by atoms with Gasteiger partial charge in [-0.3, -0.25) is 24.1 Å². The molecule has 2 aromatic rings. The number of piperidine rings is 1. The van der Waals surface area contributed by atoms with Crippen LogP contribution < -0.4 is 0 Å². The first-order valence-electron chi connectivity index (χ1n) is 11.1. The van der Waals surface area contributed by atoms with Gasteiger partial charge in [0.15, 0.2) is 5.78 Å². The number of rotatable bonds is 5. The van der Waals surface area contributed by atoms with Crippen molar-refractivity contribution in [1.29, 1.82) is 0 Å². The number of imide groups is 1. The number of Topliss-reactive ketones (excluding diaryl/α,β-unsaturated/α-hetero) is 1. The molecule has 1 fully saturated rings. The molecule has 2 heterocycles. The van der Waals surface area contributed by atoms with E-state index in [2.05, 4.69) is 0 Å². The fraction of sp³-hybridized carbons (Fsp3) is 0.385. The summed E-state index contributed by atoms with van der Waals surface area (Å²) in [6, 6.07) is 11.1. The lowest BCUT2D eigenvalue weighted by Gasteiger charge is -2.32. The Bertz CT molecular complexity index is 1110. The third-order valence-corrected chi connectivity index (χ3v) is 6.54. The molecule has 0 aromatic heterocycles. The number of benzene rings is 2. The Kier molecular flexibility index (Phi) is 5.96. The number of nitrogens with zero attached hydrogens (tertiary/aromatic N) is 2. The van der Waals surface area contributed by atoms with Gasteiger partial charge in [0.05, 0.1) is 11.1 Å². The van der Waals surface area contributed by atoms with Crippen LogP contribution in [0.2, 0.25) is 0 Å². The first-order valence-corrected chi connectivity index (χ1v) is 11.1. The van der Waals surface area contributed by atoms with Gasteiger partial charge in [0.25, 0.3) is 11.8 Å². The van der Waals surface area contributed by atoms with E-state index in [4.69, 9.17) is 0 Å². The van der Waals surface area contributed by atoms with Crippen LogP contribution in [0, 0.1) is 26.7 Å². The maximum atomic E-state index is 12.9. The maximum Gasteiger partial charge on any atom is 0.261 e. The first kappa shape index (κ1) is 21.9. The van der Waals surface area contributed by atoms with E-state index in [0.29, 0.717) is 37.1 Å². The highest BCUT2D eigenvalue weighted by Crippen LogP contribution is 2.26. The van der Waals surface area contributed by atoms with Crippen LogP contribution in [-0.4, -0.2) is 52.9 Å². The Morgan fingerprint density at radius 3 is 2.19 bits per heavy atom. The van der Waals surface area contributed by atoms with Crippen LogP contribution in [0.5, 0.6) is 0 Å². The number of likely N-dealkylation sites (tertiary alicyclic amines) is 1. The van der Waals surface area contributed by atoms with Gasteiger partial charge in [-0.15, -0.1) is 0 Å². The Balaban J connectivity index is 1.31. The van der Waals surface area contributed by atoms with Crippen LogP contribution in [0.15, 0.2) is 36.4 Å². The maximum absolute atomic E-state index is 12.9. The molecule has 2 aliphatic heterocycles. The summed E-state index contributed by atoms with van der Waals surface area (Å²) < 4.78 is 0. The zero-order valence-corrected chi connectivity index (χ0v) is 18.8. The topological polar surface area (TPSA) is 74.8 Å². The molecule has 0 atom stereocenters. The lowest BCUT2D eigenvalue weighted by molar-refractivity contribution is -0.132. The van der Waals surface area contributed by atoms with E-state index < -0.39 is 0 Å². The van der Waals surface area contributed by atoms with Gasteiger partial charge in [-0.25, -0.2) is 0 Å². The summed E-state index contributed by atoms with van der Waals surface area (Å²) in [4.78, 5) is 53.7. The van der Waals surface area contributed by atoms with Crippen LogP contribution in [-0.2, 0) is 4.79 Å². The van der Waals surface area contributed by atoms with E-state index in [0.717, 1.165) is 22.3 Å². The number of carbonyl (C=O) groups is 4. The molecule has 4 rings (SSSR count). The van der Waals surface area contributed by atoms with Crippen LogP contribution in [0.4, 0.5) is 0 Å². The predicted molar refractivity (Wildman–Crippen MR) is 121 cm³/mol. The van der Waals surface area contributed by atoms with Crippen molar-refractivity contribution in [1.82, 2.24) is 9.80 Å². The van der Waals surface area contributed by atoms with Crippen molar-refractivity contribution >= 4 is 23.5 Å². The minimum atomic E-state index is -0.337. The lowest BCUT2D eigenvalue weighted by atomic mass is 9.87. The molecule has 32 heavy (non-hydrogen) atoms. The van der Waals surface area contributed by atoms with Gasteiger partial charge in [0.1, 0.15) is 0 Å².